The summed E-state index contributed by atoms with van der Waals surface area (Å²) in [4.78, 5) is 21.0. The van der Waals surface area contributed by atoms with E-state index >= 15 is 0 Å². The van der Waals surface area contributed by atoms with Gasteiger partial charge in [-0.2, -0.15) is 0 Å². The number of hydrogen-bond donors (Lipinski definition) is 1. The van der Waals surface area contributed by atoms with E-state index in [0.717, 1.165) is 32.4 Å². The molecule has 21 heavy (non-hydrogen) atoms. The number of amidine groups is 1. The van der Waals surface area contributed by atoms with Crippen molar-refractivity contribution in [3.05, 3.63) is 63.7 Å². The number of aromatic nitrogens is 1. The van der Waals surface area contributed by atoms with Crippen LogP contribution in [0.5, 0.6) is 0 Å². The van der Waals surface area contributed by atoms with E-state index in [9.17, 15) is 4.79 Å². The summed E-state index contributed by atoms with van der Waals surface area (Å²) in [7, 11) is 0. The standard InChI is InChI=1S/C15H10BrN3OS/c16-11-4-1-5-12(8-11)18-14-13(21-15(20)19-14)7-10-3-2-6-17-9-10/h1-9H,(H,18,19,20)/b13-7-. The van der Waals surface area contributed by atoms with Crippen LogP contribution in [-0.4, -0.2) is 16.1 Å². The predicted octanol–water partition coefficient (Wildman–Crippen LogP) is 4.37. The zero-order valence-electron chi connectivity index (χ0n) is 10.8. The number of benzene rings is 1. The summed E-state index contributed by atoms with van der Waals surface area (Å²) in [5.74, 6) is 0.562. The Morgan fingerprint density at radius 3 is 2.95 bits per heavy atom. The van der Waals surface area contributed by atoms with Crippen LogP contribution < -0.4 is 5.32 Å². The lowest BCUT2D eigenvalue weighted by molar-refractivity contribution is 0.265. The summed E-state index contributed by atoms with van der Waals surface area (Å²) in [5.41, 5.74) is 1.71. The number of hydrogen-bond acceptors (Lipinski definition) is 4. The highest BCUT2D eigenvalue weighted by molar-refractivity contribution is 9.10. The second-order valence-electron chi connectivity index (χ2n) is 4.25. The largest absolute Gasteiger partial charge is 0.300 e. The number of amides is 1. The molecule has 1 N–H and O–H groups in total. The molecular weight excluding hydrogens is 350 g/mol. The van der Waals surface area contributed by atoms with Gasteiger partial charge in [0.25, 0.3) is 5.24 Å². The maximum atomic E-state index is 11.6. The van der Waals surface area contributed by atoms with Gasteiger partial charge >= 0.3 is 0 Å². The van der Waals surface area contributed by atoms with Crippen LogP contribution in [0.1, 0.15) is 5.56 Å². The van der Waals surface area contributed by atoms with Crippen molar-refractivity contribution in [2.45, 2.75) is 0 Å². The van der Waals surface area contributed by atoms with Gasteiger partial charge in [-0.25, -0.2) is 4.99 Å². The van der Waals surface area contributed by atoms with Gasteiger partial charge < -0.3 is 5.32 Å². The number of nitrogens with one attached hydrogen (secondary N) is 1. The Morgan fingerprint density at radius 2 is 2.19 bits per heavy atom. The minimum atomic E-state index is -0.126. The Bertz CT molecular complexity index is 744. The quantitative estimate of drug-likeness (QED) is 0.865. The molecule has 104 valence electrons. The number of halogens is 1. The first-order valence-electron chi connectivity index (χ1n) is 6.16. The van der Waals surface area contributed by atoms with E-state index in [-0.39, 0.29) is 5.24 Å². The monoisotopic (exact) mass is 359 g/mol. The molecule has 1 aliphatic rings. The molecule has 0 radical (unpaired) electrons. The molecule has 0 spiro atoms. The average molecular weight is 360 g/mol. The van der Waals surface area contributed by atoms with Gasteiger partial charge in [-0.05, 0) is 47.7 Å². The molecule has 1 saturated heterocycles. The van der Waals surface area contributed by atoms with E-state index in [1.165, 1.54) is 0 Å². The smallest absolute Gasteiger partial charge is 0.289 e. The third-order valence-corrected chi connectivity index (χ3v) is 4.00. The summed E-state index contributed by atoms with van der Waals surface area (Å²) in [6, 6.07) is 11.4. The Kier molecular flexibility index (Phi) is 4.17. The van der Waals surface area contributed by atoms with E-state index in [4.69, 9.17) is 0 Å². The van der Waals surface area contributed by atoms with Crippen LogP contribution in [0.15, 0.2) is 63.2 Å². The first-order chi connectivity index (χ1) is 10.2. The molecule has 3 rings (SSSR count). The molecule has 1 aromatic heterocycles. The first-order valence-corrected chi connectivity index (χ1v) is 7.77. The molecule has 1 aliphatic heterocycles. The number of aliphatic imine (C=N–C) groups is 1. The Labute approximate surface area is 134 Å². The van der Waals surface area contributed by atoms with Gasteiger partial charge in [0.15, 0.2) is 0 Å². The summed E-state index contributed by atoms with van der Waals surface area (Å²) in [6.07, 6.45) is 5.35. The van der Waals surface area contributed by atoms with Crippen molar-refractivity contribution in [3.8, 4) is 0 Å². The molecule has 0 aliphatic carbocycles. The number of pyridine rings is 1. The lowest BCUT2D eigenvalue weighted by Crippen LogP contribution is -2.18. The van der Waals surface area contributed by atoms with Crippen LogP contribution in [0, 0.1) is 0 Å². The predicted molar refractivity (Wildman–Crippen MR) is 89.6 cm³/mol. The number of carbonyl (C=O) groups excluding carboxylic acids is 1. The number of nitrogens with zero attached hydrogens (tertiary/aromatic N) is 2. The Morgan fingerprint density at radius 1 is 1.29 bits per heavy atom. The Hall–Kier alpha value is -1.92. The summed E-state index contributed by atoms with van der Waals surface area (Å²) >= 11 is 4.54. The van der Waals surface area contributed by atoms with Crippen molar-refractivity contribution in [1.82, 2.24) is 10.3 Å². The van der Waals surface area contributed by atoms with Crippen LogP contribution >= 0.6 is 27.7 Å². The van der Waals surface area contributed by atoms with Gasteiger partial charge in [0.05, 0.1) is 10.6 Å². The van der Waals surface area contributed by atoms with E-state index in [0.29, 0.717) is 5.84 Å². The molecule has 2 aromatic rings. The lowest BCUT2D eigenvalue weighted by Gasteiger charge is -2.00. The molecule has 1 aromatic carbocycles. The average Bonchev–Trinajstić information content (AvgIpc) is 2.80. The van der Waals surface area contributed by atoms with Crippen LogP contribution in [0.2, 0.25) is 0 Å². The molecule has 1 amide bonds. The fraction of sp³-hybridized carbons (Fsp3) is 0. The second-order valence-corrected chi connectivity index (χ2v) is 6.18. The molecule has 0 bridgehead atoms. The van der Waals surface area contributed by atoms with E-state index < -0.39 is 0 Å². The third-order valence-electron chi connectivity index (χ3n) is 2.69. The highest BCUT2D eigenvalue weighted by Crippen LogP contribution is 2.28. The van der Waals surface area contributed by atoms with Gasteiger partial charge in [-0.15, -0.1) is 0 Å². The Balaban J connectivity index is 1.96. The van der Waals surface area contributed by atoms with E-state index in [1.54, 1.807) is 12.4 Å². The van der Waals surface area contributed by atoms with Gasteiger partial charge in [-0.1, -0.05) is 28.1 Å². The number of carbonyl (C=O) groups is 1. The van der Waals surface area contributed by atoms with Gasteiger partial charge in [-0.3, -0.25) is 9.78 Å². The number of rotatable bonds is 2. The molecular formula is C15H10BrN3OS. The van der Waals surface area contributed by atoms with Gasteiger partial charge in [0.1, 0.15) is 5.84 Å². The van der Waals surface area contributed by atoms with Crippen LogP contribution in [-0.2, 0) is 0 Å². The molecule has 6 heteroatoms. The highest BCUT2D eigenvalue weighted by Gasteiger charge is 2.23. The van der Waals surface area contributed by atoms with Gasteiger partial charge in [0, 0.05) is 16.9 Å². The van der Waals surface area contributed by atoms with Crippen molar-refractivity contribution in [2.75, 3.05) is 0 Å². The summed E-state index contributed by atoms with van der Waals surface area (Å²) in [5, 5.41) is 2.64. The topological polar surface area (TPSA) is 54.4 Å². The van der Waals surface area contributed by atoms with E-state index in [2.05, 4.69) is 31.2 Å². The van der Waals surface area contributed by atoms with Crippen molar-refractivity contribution in [2.24, 2.45) is 4.99 Å². The van der Waals surface area contributed by atoms with Crippen molar-refractivity contribution < 1.29 is 4.79 Å². The summed E-state index contributed by atoms with van der Waals surface area (Å²) in [6.45, 7) is 0. The normalized spacial score (nSPS) is 18.2. The second kappa shape index (κ2) is 6.24. The van der Waals surface area contributed by atoms with Crippen LogP contribution in [0.4, 0.5) is 10.5 Å². The molecule has 0 unspecified atom stereocenters. The SMILES string of the molecule is O=C1NC(=Nc2cccc(Br)c2)/C(=C/c2cccnc2)S1. The molecule has 1 fully saturated rings. The van der Waals surface area contributed by atoms with Crippen molar-refractivity contribution >= 4 is 50.5 Å². The minimum Gasteiger partial charge on any atom is -0.300 e. The van der Waals surface area contributed by atoms with Crippen molar-refractivity contribution in [3.63, 3.8) is 0 Å². The maximum Gasteiger partial charge on any atom is 0.289 e. The molecule has 0 atom stereocenters. The highest BCUT2D eigenvalue weighted by atomic mass is 79.9. The fourth-order valence-corrected chi connectivity index (χ4v) is 2.92. The maximum absolute atomic E-state index is 11.6. The zero-order chi connectivity index (χ0) is 14.7. The van der Waals surface area contributed by atoms with Crippen LogP contribution in [0.25, 0.3) is 6.08 Å². The molecule has 0 saturated carbocycles. The molecule has 2 heterocycles. The van der Waals surface area contributed by atoms with E-state index in [1.807, 2.05) is 42.5 Å². The van der Waals surface area contributed by atoms with Gasteiger partial charge in [0.2, 0.25) is 0 Å². The first kappa shape index (κ1) is 14.0. The summed E-state index contributed by atoms with van der Waals surface area (Å²) < 4.78 is 0.944. The zero-order valence-corrected chi connectivity index (χ0v) is 13.2. The minimum absolute atomic E-state index is 0.126. The third kappa shape index (κ3) is 3.59. The number of thioether (sulfide) groups is 1. The lowest BCUT2D eigenvalue weighted by atomic mass is 10.2. The van der Waals surface area contributed by atoms with Crippen molar-refractivity contribution in [1.29, 1.82) is 0 Å². The molecule has 4 nitrogen and oxygen atoms in total. The van der Waals surface area contributed by atoms with Crippen LogP contribution in [0.3, 0.4) is 0 Å². The fourth-order valence-electron chi connectivity index (χ4n) is 1.80.